The van der Waals surface area contributed by atoms with E-state index in [-0.39, 0.29) is 18.0 Å². The van der Waals surface area contributed by atoms with Crippen LogP contribution in [0.25, 0.3) is 0 Å². The number of benzene rings is 1. The Morgan fingerprint density at radius 3 is 2.58 bits per heavy atom. The second-order valence-corrected chi connectivity index (χ2v) is 3.74. The Kier molecular flexibility index (Phi) is 3.55. The van der Waals surface area contributed by atoms with E-state index >= 15 is 0 Å². The molecule has 0 radical (unpaired) electrons. The molecule has 2 rings (SSSR count). The van der Waals surface area contributed by atoms with Crippen molar-refractivity contribution in [3.8, 4) is 5.75 Å². The number of nitrogens with two attached hydrogens (primary N) is 1. The molecule has 0 bridgehead atoms. The molecular formula is C12H10F3N3O. The van der Waals surface area contributed by atoms with Crippen LogP contribution < -0.4 is 10.5 Å². The lowest BCUT2D eigenvalue weighted by atomic mass is 10.2. The quantitative estimate of drug-likeness (QED) is 0.870. The van der Waals surface area contributed by atoms with Crippen LogP contribution in [0.5, 0.6) is 5.75 Å². The Balaban J connectivity index is 2.10. The van der Waals surface area contributed by atoms with E-state index in [1.165, 1.54) is 24.7 Å². The second-order valence-electron chi connectivity index (χ2n) is 3.74. The van der Waals surface area contributed by atoms with Gasteiger partial charge in [-0.3, -0.25) is 9.97 Å². The van der Waals surface area contributed by atoms with Crippen LogP contribution >= 0.6 is 0 Å². The van der Waals surface area contributed by atoms with Gasteiger partial charge in [-0.1, -0.05) is 0 Å². The molecule has 4 nitrogen and oxygen atoms in total. The second kappa shape index (κ2) is 5.13. The standard InChI is InChI=1S/C12H10F3N3O/c13-12(14,15)8-1-2-11(10(16)5-8)19-7-9-6-17-3-4-18-9/h1-6H,7,16H2. The summed E-state index contributed by atoms with van der Waals surface area (Å²) in [5.74, 6) is 0.179. The molecule has 0 fully saturated rings. The maximum absolute atomic E-state index is 12.4. The van der Waals surface area contributed by atoms with Gasteiger partial charge in [0, 0.05) is 12.4 Å². The lowest BCUT2D eigenvalue weighted by molar-refractivity contribution is -0.137. The summed E-state index contributed by atoms with van der Waals surface area (Å²) >= 11 is 0. The Morgan fingerprint density at radius 2 is 2.00 bits per heavy atom. The van der Waals surface area contributed by atoms with Gasteiger partial charge in [0.1, 0.15) is 12.4 Å². The SMILES string of the molecule is Nc1cc(C(F)(F)F)ccc1OCc1cnccn1. The van der Waals surface area contributed by atoms with E-state index in [2.05, 4.69) is 9.97 Å². The van der Waals surface area contributed by atoms with E-state index < -0.39 is 11.7 Å². The van der Waals surface area contributed by atoms with Crippen LogP contribution in [0.1, 0.15) is 11.3 Å². The minimum atomic E-state index is -4.42. The van der Waals surface area contributed by atoms with Gasteiger partial charge in [0.2, 0.25) is 0 Å². The molecule has 0 aliphatic heterocycles. The molecule has 0 unspecified atom stereocenters. The molecule has 7 heteroatoms. The molecule has 0 saturated carbocycles. The summed E-state index contributed by atoms with van der Waals surface area (Å²) in [6.07, 6.45) is 0.0859. The summed E-state index contributed by atoms with van der Waals surface area (Å²) in [5, 5.41) is 0. The molecule has 100 valence electrons. The van der Waals surface area contributed by atoms with Gasteiger partial charge in [0.15, 0.2) is 0 Å². The monoisotopic (exact) mass is 269 g/mol. The molecule has 1 aromatic carbocycles. The van der Waals surface area contributed by atoms with Crippen LogP contribution in [0.15, 0.2) is 36.8 Å². The number of anilines is 1. The number of rotatable bonds is 3. The summed E-state index contributed by atoms with van der Waals surface area (Å²) in [7, 11) is 0. The zero-order valence-electron chi connectivity index (χ0n) is 9.69. The fourth-order valence-electron chi connectivity index (χ4n) is 1.41. The lowest BCUT2D eigenvalue weighted by Crippen LogP contribution is -2.07. The largest absolute Gasteiger partial charge is 0.485 e. The number of nitrogen functional groups attached to an aromatic ring is 1. The van der Waals surface area contributed by atoms with E-state index in [0.29, 0.717) is 5.69 Å². The summed E-state index contributed by atoms with van der Waals surface area (Å²) in [6.45, 7) is 0.0867. The fraction of sp³-hybridized carbons (Fsp3) is 0.167. The minimum Gasteiger partial charge on any atom is -0.485 e. The molecule has 2 aromatic rings. The number of aromatic nitrogens is 2. The highest BCUT2D eigenvalue weighted by atomic mass is 19.4. The average Bonchev–Trinajstić information content (AvgIpc) is 2.37. The molecule has 19 heavy (non-hydrogen) atoms. The molecule has 0 atom stereocenters. The van der Waals surface area contributed by atoms with E-state index in [9.17, 15) is 13.2 Å². The maximum Gasteiger partial charge on any atom is 0.416 e. The van der Waals surface area contributed by atoms with Crippen LogP contribution in [0, 0.1) is 0 Å². The summed E-state index contributed by atoms with van der Waals surface area (Å²) in [6, 6.07) is 2.95. The van der Waals surface area contributed by atoms with Gasteiger partial charge in [0.25, 0.3) is 0 Å². The van der Waals surface area contributed by atoms with Crippen molar-refractivity contribution < 1.29 is 17.9 Å². The predicted octanol–water partition coefficient (Wildman–Crippen LogP) is 2.66. The van der Waals surface area contributed by atoms with Crippen molar-refractivity contribution in [3.05, 3.63) is 48.0 Å². The number of hydrogen-bond donors (Lipinski definition) is 1. The third-order valence-corrected chi connectivity index (χ3v) is 2.33. The molecule has 1 heterocycles. The van der Waals surface area contributed by atoms with Crippen molar-refractivity contribution in [1.29, 1.82) is 0 Å². The van der Waals surface area contributed by atoms with Crippen molar-refractivity contribution in [1.82, 2.24) is 9.97 Å². The van der Waals surface area contributed by atoms with Crippen molar-refractivity contribution >= 4 is 5.69 Å². The molecule has 0 aliphatic carbocycles. The Bertz CT molecular complexity index is 558. The highest BCUT2D eigenvalue weighted by molar-refractivity contribution is 5.54. The first-order chi connectivity index (χ1) is 8.97. The van der Waals surface area contributed by atoms with Gasteiger partial charge in [-0.25, -0.2) is 0 Å². The van der Waals surface area contributed by atoms with E-state index in [1.54, 1.807) is 0 Å². The van der Waals surface area contributed by atoms with Crippen molar-refractivity contribution in [3.63, 3.8) is 0 Å². The molecule has 0 spiro atoms. The first-order valence-corrected chi connectivity index (χ1v) is 5.31. The summed E-state index contributed by atoms with van der Waals surface area (Å²) in [5.41, 5.74) is 5.20. The minimum absolute atomic E-state index is 0.0706. The first kappa shape index (κ1) is 13.1. The fourth-order valence-corrected chi connectivity index (χ4v) is 1.41. The lowest BCUT2D eigenvalue weighted by Gasteiger charge is -2.11. The zero-order valence-corrected chi connectivity index (χ0v) is 9.69. The number of ether oxygens (including phenoxy) is 1. The number of alkyl halides is 3. The van der Waals surface area contributed by atoms with Crippen molar-refractivity contribution in [2.75, 3.05) is 5.73 Å². The van der Waals surface area contributed by atoms with Crippen molar-refractivity contribution in [2.45, 2.75) is 12.8 Å². The van der Waals surface area contributed by atoms with E-state index in [0.717, 1.165) is 12.1 Å². The maximum atomic E-state index is 12.4. The first-order valence-electron chi connectivity index (χ1n) is 5.31. The third-order valence-electron chi connectivity index (χ3n) is 2.33. The van der Waals surface area contributed by atoms with Crippen molar-refractivity contribution in [2.24, 2.45) is 0 Å². The van der Waals surface area contributed by atoms with Crippen LogP contribution in [-0.4, -0.2) is 9.97 Å². The molecular weight excluding hydrogens is 259 g/mol. The van der Waals surface area contributed by atoms with Gasteiger partial charge in [-0.2, -0.15) is 13.2 Å². The van der Waals surface area contributed by atoms with E-state index in [4.69, 9.17) is 10.5 Å². The Hall–Kier alpha value is -2.31. The molecule has 0 amide bonds. The Labute approximate surface area is 107 Å². The van der Waals surface area contributed by atoms with Crippen LogP contribution in [0.2, 0.25) is 0 Å². The summed E-state index contributed by atoms with van der Waals surface area (Å²) in [4.78, 5) is 7.82. The smallest absolute Gasteiger partial charge is 0.416 e. The highest BCUT2D eigenvalue weighted by Gasteiger charge is 2.30. The van der Waals surface area contributed by atoms with Gasteiger partial charge >= 0.3 is 6.18 Å². The van der Waals surface area contributed by atoms with Crippen LogP contribution in [0.4, 0.5) is 18.9 Å². The van der Waals surface area contributed by atoms with Gasteiger partial charge in [0.05, 0.1) is 23.1 Å². The number of hydrogen-bond acceptors (Lipinski definition) is 4. The van der Waals surface area contributed by atoms with Gasteiger partial charge < -0.3 is 10.5 Å². The predicted molar refractivity (Wildman–Crippen MR) is 62.2 cm³/mol. The van der Waals surface area contributed by atoms with Crippen LogP contribution in [0.3, 0.4) is 0 Å². The number of halogens is 3. The third kappa shape index (κ3) is 3.34. The van der Waals surface area contributed by atoms with Gasteiger partial charge in [-0.05, 0) is 18.2 Å². The summed E-state index contributed by atoms with van der Waals surface area (Å²) < 4.78 is 42.6. The van der Waals surface area contributed by atoms with Gasteiger partial charge in [-0.15, -0.1) is 0 Å². The highest BCUT2D eigenvalue weighted by Crippen LogP contribution is 2.33. The van der Waals surface area contributed by atoms with Crippen LogP contribution in [-0.2, 0) is 12.8 Å². The number of nitrogens with zero attached hydrogens (tertiary/aromatic N) is 2. The molecule has 2 N–H and O–H groups in total. The normalized spacial score (nSPS) is 11.3. The average molecular weight is 269 g/mol. The Morgan fingerprint density at radius 1 is 1.21 bits per heavy atom. The molecule has 0 saturated heterocycles. The molecule has 0 aliphatic rings. The van der Waals surface area contributed by atoms with E-state index in [1.807, 2.05) is 0 Å². The topological polar surface area (TPSA) is 61.0 Å². The zero-order chi connectivity index (χ0) is 13.9. The molecule has 1 aromatic heterocycles.